The lowest BCUT2D eigenvalue weighted by molar-refractivity contribution is 0.394. The number of hydrogen-bond acceptors (Lipinski definition) is 2. The van der Waals surface area contributed by atoms with Gasteiger partial charge in [0.05, 0.1) is 0 Å². The lowest BCUT2D eigenvalue weighted by atomic mass is 10.1. The fraction of sp³-hybridized carbons (Fsp3) is 0.538. The summed E-state index contributed by atoms with van der Waals surface area (Å²) in [6.07, 6.45) is 1.19. The molecule has 0 fully saturated rings. The second-order valence-electron chi connectivity index (χ2n) is 4.28. The van der Waals surface area contributed by atoms with Crippen LogP contribution in [0.3, 0.4) is 0 Å². The molecule has 0 amide bonds. The van der Waals surface area contributed by atoms with Crippen LogP contribution in [0.5, 0.6) is 0 Å². The van der Waals surface area contributed by atoms with Crippen molar-refractivity contribution in [1.82, 2.24) is 10.2 Å². The topological polar surface area (TPSA) is 15.3 Å². The third kappa shape index (κ3) is 5.50. The molecule has 1 rings (SSSR count). The number of halogens is 1. The van der Waals surface area contributed by atoms with Gasteiger partial charge >= 0.3 is 0 Å². The number of benzene rings is 1. The second kappa shape index (κ2) is 7.66. The molecule has 90 valence electrons. The summed E-state index contributed by atoms with van der Waals surface area (Å²) in [6, 6.07) is 8.45. The Bertz CT molecular complexity index is 282. The van der Waals surface area contributed by atoms with E-state index in [1.54, 1.807) is 0 Å². The van der Waals surface area contributed by atoms with Crippen molar-refractivity contribution in [3.8, 4) is 0 Å². The fourth-order valence-electron chi connectivity index (χ4n) is 1.50. The van der Waals surface area contributed by atoms with Crippen molar-refractivity contribution in [3.05, 3.63) is 35.4 Å². The maximum Gasteiger partial charge on any atom is 0.0474 e. The van der Waals surface area contributed by atoms with Crippen LogP contribution in [-0.4, -0.2) is 32.1 Å². The highest BCUT2D eigenvalue weighted by Gasteiger charge is 1.94. The highest BCUT2D eigenvalue weighted by atomic mass is 35.5. The van der Waals surface area contributed by atoms with Gasteiger partial charge in [-0.1, -0.05) is 24.3 Å². The van der Waals surface area contributed by atoms with Crippen LogP contribution in [0, 0.1) is 0 Å². The molecule has 0 aliphatic rings. The van der Waals surface area contributed by atoms with E-state index >= 15 is 0 Å². The lowest BCUT2D eigenvalue weighted by Crippen LogP contribution is -2.20. The predicted octanol–water partition coefficient (Wildman–Crippen LogP) is 2.47. The van der Waals surface area contributed by atoms with E-state index in [4.69, 9.17) is 11.6 Å². The van der Waals surface area contributed by atoms with Crippen molar-refractivity contribution < 1.29 is 0 Å². The number of alkyl halides is 1. The molecule has 0 unspecified atom stereocenters. The molecule has 0 aliphatic heterocycles. The van der Waals surface area contributed by atoms with E-state index in [1.807, 2.05) is 0 Å². The van der Waals surface area contributed by atoms with Crippen molar-refractivity contribution >= 4 is 11.6 Å². The minimum absolute atomic E-state index is 0.594. The molecule has 16 heavy (non-hydrogen) atoms. The summed E-state index contributed by atoms with van der Waals surface area (Å²) < 4.78 is 0. The molecule has 0 aliphatic carbocycles. The Morgan fingerprint density at radius 3 is 2.31 bits per heavy atom. The number of hydrogen-bond donors (Lipinski definition) is 1. The van der Waals surface area contributed by atoms with Gasteiger partial charge in [0.2, 0.25) is 0 Å². The standard InChI is InChI=1S/C13H21ClN2/c1-16(2)9-3-8-15-11-13-6-4-12(10-14)5-7-13/h4-7,15H,3,8-11H2,1-2H3. The first-order chi connectivity index (χ1) is 7.72. The summed E-state index contributed by atoms with van der Waals surface area (Å²) in [5, 5.41) is 3.43. The zero-order valence-electron chi connectivity index (χ0n) is 10.2. The van der Waals surface area contributed by atoms with E-state index in [-0.39, 0.29) is 0 Å². The van der Waals surface area contributed by atoms with E-state index in [2.05, 4.69) is 48.6 Å². The third-order valence-electron chi connectivity index (χ3n) is 2.47. The summed E-state index contributed by atoms with van der Waals surface area (Å²) >= 11 is 5.73. The molecule has 0 saturated heterocycles. The zero-order valence-corrected chi connectivity index (χ0v) is 10.9. The van der Waals surface area contributed by atoms with E-state index in [0.717, 1.165) is 19.6 Å². The van der Waals surface area contributed by atoms with Crippen molar-refractivity contribution in [2.75, 3.05) is 27.2 Å². The first-order valence-corrected chi connectivity index (χ1v) is 6.25. The van der Waals surface area contributed by atoms with Crippen molar-refractivity contribution in [1.29, 1.82) is 0 Å². The average molecular weight is 241 g/mol. The van der Waals surface area contributed by atoms with E-state index in [9.17, 15) is 0 Å². The molecule has 0 heterocycles. The van der Waals surface area contributed by atoms with Gasteiger partial charge < -0.3 is 10.2 Å². The lowest BCUT2D eigenvalue weighted by Gasteiger charge is -2.09. The first-order valence-electron chi connectivity index (χ1n) is 5.71. The predicted molar refractivity (Wildman–Crippen MR) is 70.9 cm³/mol. The minimum atomic E-state index is 0.594. The molecule has 1 N–H and O–H groups in total. The van der Waals surface area contributed by atoms with Crippen molar-refractivity contribution in [2.45, 2.75) is 18.8 Å². The van der Waals surface area contributed by atoms with Gasteiger partial charge in [0.1, 0.15) is 0 Å². The van der Waals surface area contributed by atoms with Crippen molar-refractivity contribution in [3.63, 3.8) is 0 Å². The molecule has 1 aromatic carbocycles. The summed E-state index contributed by atoms with van der Waals surface area (Å²) in [5.74, 6) is 0.594. The summed E-state index contributed by atoms with van der Waals surface area (Å²) in [5.41, 5.74) is 2.50. The van der Waals surface area contributed by atoms with Crippen LogP contribution >= 0.6 is 11.6 Å². The van der Waals surface area contributed by atoms with Crippen LogP contribution in [0.4, 0.5) is 0 Å². The molecule has 2 nitrogen and oxygen atoms in total. The van der Waals surface area contributed by atoms with Crippen molar-refractivity contribution in [2.24, 2.45) is 0 Å². The molecule has 0 bridgehead atoms. The normalized spacial score (nSPS) is 11.0. The Balaban J connectivity index is 2.16. The van der Waals surface area contributed by atoms with Gasteiger partial charge in [0.15, 0.2) is 0 Å². The highest BCUT2D eigenvalue weighted by molar-refractivity contribution is 6.17. The third-order valence-corrected chi connectivity index (χ3v) is 2.77. The van der Waals surface area contributed by atoms with E-state index in [0.29, 0.717) is 5.88 Å². The molecule has 3 heteroatoms. The Morgan fingerprint density at radius 1 is 1.12 bits per heavy atom. The van der Waals surface area contributed by atoms with Crippen LogP contribution < -0.4 is 5.32 Å². The van der Waals surface area contributed by atoms with Gasteiger partial charge in [-0.2, -0.15) is 0 Å². The molecular formula is C13H21ClN2. The smallest absolute Gasteiger partial charge is 0.0474 e. The summed E-state index contributed by atoms with van der Waals surface area (Å²) in [4.78, 5) is 2.21. The molecule has 0 radical (unpaired) electrons. The van der Waals surface area contributed by atoms with Gasteiger partial charge in [-0.05, 0) is 44.7 Å². The number of nitrogens with zero attached hydrogens (tertiary/aromatic N) is 1. The second-order valence-corrected chi connectivity index (χ2v) is 4.55. The van der Waals surface area contributed by atoms with Crippen LogP contribution in [0.25, 0.3) is 0 Å². The largest absolute Gasteiger partial charge is 0.313 e. The Kier molecular flexibility index (Phi) is 6.46. The Morgan fingerprint density at radius 2 is 1.75 bits per heavy atom. The van der Waals surface area contributed by atoms with E-state index < -0.39 is 0 Å². The minimum Gasteiger partial charge on any atom is -0.313 e. The monoisotopic (exact) mass is 240 g/mol. The molecule has 0 aromatic heterocycles. The van der Waals surface area contributed by atoms with Gasteiger partial charge in [-0.3, -0.25) is 0 Å². The van der Waals surface area contributed by atoms with Gasteiger partial charge in [0, 0.05) is 12.4 Å². The molecule has 0 atom stereocenters. The molecule has 0 saturated carbocycles. The van der Waals surface area contributed by atoms with Crippen LogP contribution in [0.1, 0.15) is 17.5 Å². The maximum atomic E-state index is 5.73. The van der Waals surface area contributed by atoms with Crippen LogP contribution in [0.15, 0.2) is 24.3 Å². The molecule has 1 aromatic rings. The number of rotatable bonds is 7. The SMILES string of the molecule is CN(C)CCCNCc1ccc(CCl)cc1. The molecule has 0 spiro atoms. The quantitative estimate of drug-likeness (QED) is 0.582. The first kappa shape index (κ1) is 13.5. The summed E-state index contributed by atoms with van der Waals surface area (Å²) in [6.45, 7) is 3.14. The highest BCUT2D eigenvalue weighted by Crippen LogP contribution is 2.06. The van der Waals surface area contributed by atoms with Crippen LogP contribution in [-0.2, 0) is 12.4 Å². The summed E-state index contributed by atoms with van der Waals surface area (Å²) in [7, 11) is 4.20. The van der Waals surface area contributed by atoms with Crippen LogP contribution in [0.2, 0.25) is 0 Å². The number of nitrogens with one attached hydrogen (secondary N) is 1. The fourth-order valence-corrected chi connectivity index (χ4v) is 1.68. The maximum absolute atomic E-state index is 5.73. The molecular weight excluding hydrogens is 220 g/mol. The van der Waals surface area contributed by atoms with Gasteiger partial charge in [0.25, 0.3) is 0 Å². The Labute approximate surface area is 104 Å². The average Bonchev–Trinajstić information content (AvgIpc) is 2.29. The van der Waals surface area contributed by atoms with E-state index in [1.165, 1.54) is 17.5 Å². The Hall–Kier alpha value is -0.570. The zero-order chi connectivity index (χ0) is 11.8. The van der Waals surface area contributed by atoms with Gasteiger partial charge in [-0.25, -0.2) is 0 Å². The van der Waals surface area contributed by atoms with Gasteiger partial charge in [-0.15, -0.1) is 11.6 Å².